The molecule has 20 heavy (non-hydrogen) atoms. The molecule has 0 fully saturated rings. The lowest BCUT2D eigenvalue weighted by Crippen LogP contribution is -2.30. The predicted molar refractivity (Wildman–Crippen MR) is 89.4 cm³/mol. The van der Waals surface area contributed by atoms with Crippen molar-refractivity contribution in [3.8, 4) is 5.75 Å². The van der Waals surface area contributed by atoms with E-state index in [0.717, 1.165) is 24.3 Å². The zero-order chi connectivity index (χ0) is 15.0. The van der Waals surface area contributed by atoms with Gasteiger partial charge < -0.3 is 15.4 Å². The molecule has 4 heteroatoms. The van der Waals surface area contributed by atoms with E-state index in [0.29, 0.717) is 17.6 Å². The van der Waals surface area contributed by atoms with Gasteiger partial charge in [-0.25, -0.2) is 0 Å². The van der Waals surface area contributed by atoms with Crippen molar-refractivity contribution in [2.45, 2.75) is 39.2 Å². The molecule has 1 aromatic rings. The van der Waals surface area contributed by atoms with Crippen LogP contribution in [0.25, 0.3) is 0 Å². The first-order valence-electron chi connectivity index (χ1n) is 7.28. The number of hydrogen-bond acceptors (Lipinski definition) is 3. The fourth-order valence-electron chi connectivity index (χ4n) is 2.15. The van der Waals surface area contributed by atoms with Gasteiger partial charge in [0.2, 0.25) is 0 Å². The molecule has 0 aliphatic carbocycles. The molecule has 0 heterocycles. The standard InChI is InChI=1S/C16H26N2OS/c1-4-8-13(2)18(3)11-7-12-19-15-10-6-5-9-14(15)16(17)20/h5-6,9-10,13H,4,7-8,11-12H2,1-3H3,(H2,17,20). The second-order valence-electron chi connectivity index (χ2n) is 5.18. The fourth-order valence-corrected chi connectivity index (χ4v) is 2.32. The second kappa shape index (κ2) is 8.93. The van der Waals surface area contributed by atoms with Crippen molar-refractivity contribution in [1.82, 2.24) is 4.90 Å². The van der Waals surface area contributed by atoms with Crippen LogP contribution in [0.5, 0.6) is 5.75 Å². The number of rotatable bonds is 9. The predicted octanol–water partition coefficient (Wildman–Crippen LogP) is 3.21. The average Bonchev–Trinajstić information content (AvgIpc) is 2.43. The Morgan fingerprint density at radius 2 is 2.10 bits per heavy atom. The summed E-state index contributed by atoms with van der Waals surface area (Å²) >= 11 is 5.02. The second-order valence-corrected chi connectivity index (χ2v) is 5.62. The van der Waals surface area contributed by atoms with Crippen molar-refractivity contribution in [1.29, 1.82) is 0 Å². The maximum absolute atomic E-state index is 5.79. The molecule has 0 radical (unpaired) electrons. The highest BCUT2D eigenvalue weighted by atomic mass is 32.1. The van der Waals surface area contributed by atoms with Crippen molar-refractivity contribution in [2.24, 2.45) is 5.73 Å². The topological polar surface area (TPSA) is 38.5 Å². The quantitative estimate of drug-likeness (QED) is 0.561. The Bertz CT molecular complexity index is 423. The molecule has 0 aliphatic rings. The van der Waals surface area contributed by atoms with E-state index in [-0.39, 0.29) is 0 Å². The Labute approximate surface area is 128 Å². The van der Waals surface area contributed by atoms with Crippen LogP contribution in [0.3, 0.4) is 0 Å². The number of nitrogens with two attached hydrogens (primary N) is 1. The van der Waals surface area contributed by atoms with Crippen molar-refractivity contribution in [3.05, 3.63) is 29.8 Å². The van der Waals surface area contributed by atoms with Gasteiger partial charge in [0, 0.05) is 12.6 Å². The molecule has 0 aromatic heterocycles. The first kappa shape index (κ1) is 16.9. The van der Waals surface area contributed by atoms with Crippen molar-refractivity contribution < 1.29 is 4.74 Å². The zero-order valence-corrected chi connectivity index (χ0v) is 13.6. The Morgan fingerprint density at radius 1 is 1.40 bits per heavy atom. The summed E-state index contributed by atoms with van der Waals surface area (Å²) in [6.45, 7) is 6.21. The molecule has 3 nitrogen and oxygen atoms in total. The first-order chi connectivity index (χ1) is 9.56. The van der Waals surface area contributed by atoms with Gasteiger partial charge in [-0.2, -0.15) is 0 Å². The Hall–Kier alpha value is -1.13. The summed E-state index contributed by atoms with van der Waals surface area (Å²) in [4.78, 5) is 2.76. The van der Waals surface area contributed by atoms with Crippen LogP contribution in [-0.4, -0.2) is 36.1 Å². The molecule has 0 saturated heterocycles. The molecule has 1 atom stereocenters. The minimum absolute atomic E-state index is 0.384. The third-order valence-corrected chi connectivity index (χ3v) is 3.74. The molecular formula is C16H26N2OS. The van der Waals surface area contributed by atoms with Crippen LogP contribution in [0.1, 0.15) is 38.7 Å². The number of thiocarbonyl (C=S) groups is 1. The van der Waals surface area contributed by atoms with Gasteiger partial charge in [0.15, 0.2) is 0 Å². The smallest absolute Gasteiger partial charge is 0.129 e. The van der Waals surface area contributed by atoms with Crippen LogP contribution in [0.4, 0.5) is 0 Å². The van der Waals surface area contributed by atoms with E-state index < -0.39 is 0 Å². The molecule has 0 amide bonds. The lowest BCUT2D eigenvalue weighted by Gasteiger charge is -2.24. The number of ether oxygens (including phenoxy) is 1. The summed E-state index contributed by atoms with van der Waals surface area (Å²) in [7, 11) is 2.17. The molecule has 2 N–H and O–H groups in total. The Morgan fingerprint density at radius 3 is 2.75 bits per heavy atom. The van der Waals surface area contributed by atoms with Gasteiger partial charge in [-0.15, -0.1) is 0 Å². The van der Waals surface area contributed by atoms with Crippen LogP contribution in [0.2, 0.25) is 0 Å². The summed E-state index contributed by atoms with van der Waals surface area (Å²) in [5.41, 5.74) is 6.50. The van der Waals surface area contributed by atoms with Gasteiger partial charge in [0.25, 0.3) is 0 Å². The highest BCUT2D eigenvalue weighted by Crippen LogP contribution is 2.17. The maximum Gasteiger partial charge on any atom is 0.129 e. The number of para-hydroxylation sites is 1. The first-order valence-corrected chi connectivity index (χ1v) is 7.69. The maximum atomic E-state index is 5.79. The average molecular weight is 294 g/mol. The molecule has 1 aromatic carbocycles. The molecule has 0 saturated carbocycles. The van der Waals surface area contributed by atoms with Gasteiger partial charge >= 0.3 is 0 Å². The zero-order valence-electron chi connectivity index (χ0n) is 12.8. The van der Waals surface area contributed by atoms with Gasteiger partial charge in [-0.1, -0.05) is 37.7 Å². The van der Waals surface area contributed by atoms with Crippen molar-refractivity contribution >= 4 is 17.2 Å². The monoisotopic (exact) mass is 294 g/mol. The molecular weight excluding hydrogens is 268 g/mol. The van der Waals surface area contributed by atoms with Crippen LogP contribution in [0, 0.1) is 0 Å². The van der Waals surface area contributed by atoms with E-state index in [2.05, 4.69) is 25.8 Å². The minimum atomic E-state index is 0.384. The van der Waals surface area contributed by atoms with Crippen LogP contribution in [0.15, 0.2) is 24.3 Å². The number of benzene rings is 1. The van der Waals surface area contributed by atoms with Gasteiger partial charge in [0.05, 0.1) is 12.2 Å². The highest BCUT2D eigenvalue weighted by molar-refractivity contribution is 7.80. The van der Waals surface area contributed by atoms with E-state index in [1.165, 1.54) is 12.8 Å². The molecule has 1 unspecified atom stereocenters. The molecule has 0 aliphatic heterocycles. The lowest BCUT2D eigenvalue weighted by molar-refractivity contribution is 0.216. The minimum Gasteiger partial charge on any atom is -0.493 e. The number of nitrogens with zero attached hydrogens (tertiary/aromatic N) is 1. The lowest BCUT2D eigenvalue weighted by atomic mass is 10.1. The Balaban J connectivity index is 2.36. The van der Waals surface area contributed by atoms with Crippen LogP contribution in [-0.2, 0) is 0 Å². The normalized spacial score (nSPS) is 12.4. The highest BCUT2D eigenvalue weighted by Gasteiger charge is 2.08. The van der Waals surface area contributed by atoms with E-state index in [9.17, 15) is 0 Å². The van der Waals surface area contributed by atoms with E-state index >= 15 is 0 Å². The van der Waals surface area contributed by atoms with Gasteiger partial charge in [0.1, 0.15) is 10.7 Å². The van der Waals surface area contributed by atoms with E-state index in [4.69, 9.17) is 22.7 Å². The largest absolute Gasteiger partial charge is 0.493 e. The summed E-state index contributed by atoms with van der Waals surface area (Å²) in [5, 5.41) is 0. The van der Waals surface area contributed by atoms with E-state index in [1.807, 2.05) is 24.3 Å². The summed E-state index contributed by atoms with van der Waals surface area (Å²) in [6, 6.07) is 8.29. The molecule has 112 valence electrons. The van der Waals surface area contributed by atoms with Gasteiger partial charge in [-0.05, 0) is 38.9 Å². The summed E-state index contributed by atoms with van der Waals surface area (Å²) in [5.74, 6) is 0.782. The van der Waals surface area contributed by atoms with Crippen molar-refractivity contribution in [3.63, 3.8) is 0 Å². The fraction of sp³-hybridized carbons (Fsp3) is 0.562. The van der Waals surface area contributed by atoms with Crippen LogP contribution < -0.4 is 10.5 Å². The summed E-state index contributed by atoms with van der Waals surface area (Å²) < 4.78 is 5.79. The van der Waals surface area contributed by atoms with Gasteiger partial charge in [-0.3, -0.25) is 0 Å². The number of hydrogen-bond donors (Lipinski definition) is 1. The summed E-state index contributed by atoms with van der Waals surface area (Å²) in [6.07, 6.45) is 3.46. The molecule has 1 rings (SSSR count). The molecule has 0 bridgehead atoms. The van der Waals surface area contributed by atoms with E-state index in [1.54, 1.807) is 0 Å². The van der Waals surface area contributed by atoms with Crippen LogP contribution >= 0.6 is 12.2 Å². The third kappa shape index (κ3) is 5.47. The SMILES string of the molecule is CCCC(C)N(C)CCCOc1ccccc1C(N)=S. The van der Waals surface area contributed by atoms with Crippen molar-refractivity contribution in [2.75, 3.05) is 20.2 Å². The Kier molecular flexibility index (Phi) is 7.55. The molecule has 0 spiro atoms. The third-order valence-electron chi connectivity index (χ3n) is 3.52.